The second-order valence-electron chi connectivity index (χ2n) is 5.12. The van der Waals surface area contributed by atoms with Crippen LogP contribution in [0.3, 0.4) is 0 Å². The van der Waals surface area contributed by atoms with Crippen LogP contribution in [0.5, 0.6) is 5.75 Å². The summed E-state index contributed by atoms with van der Waals surface area (Å²) in [6.07, 6.45) is 1.80. The monoisotopic (exact) mass is 334 g/mol. The molecule has 0 bridgehead atoms. The summed E-state index contributed by atoms with van der Waals surface area (Å²) in [5.74, 6) is 0.408. The number of sulfonamides is 1. The third-order valence-corrected chi connectivity index (χ3v) is 5.64. The van der Waals surface area contributed by atoms with Gasteiger partial charge in [-0.1, -0.05) is 6.07 Å². The second-order valence-corrected chi connectivity index (χ2v) is 6.98. The minimum Gasteiger partial charge on any atom is -0.495 e. The van der Waals surface area contributed by atoms with Crippen molar-refractivity contribution in [3.8, 4) is 5.75 Å². The molecule has 5 nitrogen and oxygen atoms in total. The summed E-state index contributed by atoms with van der Waals surface area (Å²) in [6.45, 7) is 3.13. The predicted molar refractivity (Wildman–Crippen MR) is 85.8 cm³/mol. The van der Waals surface area contributed by atoms with Crippen molar-refractivity contribution in [1.82, 2.24) is 9.62 Å². The van der Waals surface area contributed by atoms with Crippen LogP contribution in [0, 0.1) is 6.92 Å². The van der Waals surface area contributed by atoms with Gasteiger partial charge in [-0.3, -0.25) is 0 Å². The molecule has 1 atom stereocenters. The van der Waals surface area contributed by atoms with Gasteiger partial charge in [0.15, 0.2) is 0 Å². The maximum atomic E-state index is 12.9. The van der Waals surface area contributed by atoms with E-state index in [0.717, 1.165) is 18.4 Å². The van der Waals surface area contributed by atoms with E-state index in [0.29, 0.717) is 18.8 Å². The molecule has 0 aromatic heterocycles. The summed E-state index contributed by atoms with van der Waals surface area (Å²) in [5.41, 5.74) is 0.911. The Morgan fingerprint density at radius 3 is 2.76 bits per heavy atom. The van der Waals surface area contributed by atoms with Gasteiger partial charge in [-0.2, -0.15) is 4.31 Å². The SMILES string of the molecule is CNCC1CCCN1S(=O)(=O)c1cc(C)ccc1OC.Cl. The minimum atomic E-state index is -3.51. The van der Waals surface area contributed by atoms with Crippen molar-refractivity contribution >= 4 is 22.4 Å². The predicted octanol–water partition coefficient (Wildman–Crippen LogP) is 1.80. The number of methoxy groups -OCH3 is 1. The van der Waals surface area contributed by atoms with E-state index in [4.69, 9.17) is 4.74 Å². The molecule has 7 heteroatoms. The van der Waals surface area contributed by atoms with Gasteiger partial charge in [-0.15, -0.1) is 12.4 Å². The van der Waals surface area contributed by atoms with Crippen molar-refractivity contribution in [2.45, 2.75) is 30.7 Å². The topological polar surface area (TPSA) is 58.6 Å². The number of likely N-dealkylation sites (N-methyl/N-ethyl adjacent to an activating group) is 1. The number of nitrogens with zero attached hydrogens (tertiary/aromatic N) is 1. The lowest BCUT2D eigenvalue weighted by Crippen LogP contribution is -2.40. The molecule has 1 heterocycles. The van der Waals surface area contributed by atoms with E-state index in [1.807, 2.05) is 20.0 Å². The summed E-state index contributed by atoms with van der Waals surface area (Å²) in [5, 5.41) is 3.07. The molecule has 2 rings (SSSR count). The Hall–Kier alpha value is -0.820. The molecule has 0 saturated carbocycles. The average molecular weight is 335 g/mol. The van der Waals surface area contributed by atoms with Gasteiger partial charge in [-0.25, -0.2) is 8.42 Å². The van der Waals surface area contributed by atoms with Crippen LogP contribution in [-0.2, 0) is 10.0 Å². The maximum absolute atomic E-state index is 12.9. The van der Waals surface area contributed by atoms with Gasteiger partial charge in [0.05, 0.1) is 7.11 Å². The quantitative estimate of drug-likeness (QED) is 0.892. The van der Waals surface area contributed by atoms with Gasteiger partial charge in [0.1, 0.15) is 10.6 Å². The summed E-state index contributed by atoms with van der Waals surface area (Å²) < 4.78 is 32.6. The summed E-state index contributed by atoms with van der Waals surface area (Å²) in [7, 11) is -0.165. The third kappa shape index (κ3) is 3.69. The Bertz CT molecular complexity index is 578. The number of halogens is 1. The largest absolute Gasteiger partial charge is 0.495 e. The van der Waals surface area contributed by atoms with Crippen LogP contribution in [0.25, 0.3) is 0 Å². The van der Waals surface area contributed by atoms with Gasteiger partial charge < -0.3 is 10.1 Å². The molecule has 0 amide bonds. The lowest BCUT2D eigenvalue weighted by atomic mass is 10.2. The van der Waals surface area contributed by atoms with Gasteiger partial charge in [0, 0.05) is 19.1 Å². The van der Waals surface area contributed by atoms with E-state index >= 15 is 0 Å². The fourth-order valence-corrected chi connectivity index (χ4v) is 4.61. The van der Waals surface area contributed by atoms with E-state index in [1.165, 1.54) is 7.11 Å². The van der Waals surface area contributed by atoms with Crippen molar-refractivity contribution in [1.29, 1.82) is 0 Å². The molecule has 1 unspecified atom stereocenters. The van der Waals surface area contributed by atoms with Crippen LogP contribution in [0.1, 0.15) is 18.4 Å². The number of hydrogen-bond donors (Lipinski definition) is 1. The molecule has 1 saturated heterocycles. The Labute approximate surface area is 133 Å². The number of hydrogen-bond acceptors (Lipinski definition) is 4. The second kappa shape index (κ2) is 7.45. The van der Waals surface area contributed by atoms with Crippen molar-refractivity contribution in [2.24, 2.45) is 0 Å². The first-order valence-electron chi connectivity index (χ1n) is 6.81. The highest BCUT2D eigenvalue weighted by Gasteiger charge is 2.36. The molecule has 0 aliphatic carbocycles. The highest BCUT2D eigenvalue weighted by atomic mass is 35.5. The molecule has 1 aliphatic rings. The Balaban J connectivity index is 0.00000220. The normalized spacial score (nSPS) is 19.3. The van der Waals surface area contributed by atoms with Crippen LogP contribution in [0.2, 0.25) is 0 Å². The van der Waals surface area contributed by atoms with Gasteiger partial charge in [0.25, 0.3) is 0 Å². The number of aryl methyl sites for hydroxylation is 1. The summed E-state index contributed by atoms with van der Waals surface area (Å²) >= 11 is 0. The first-order chi connectivity index (χ1) is 9.50. The fourth-order valence-electron chi connectivity index (χ4n) is 2.68. The van der Waals surface area contributed by atoms with E-state index in [9.17, 15) is 8.42 Å². The van der Waals surface area contributed by atoms with Gasteiger partial charge >= 0.3 is 0 Å². The molecule has 1 aromatic carbocycles. The van der Waals surface area contributed by atoms with E-state index in [1.54, 1.807) is 16.4 Å². The van der Waals surface area contributed by atoms with Crippen LogP contribution in [-0.4, -0.2) is 46.0 Å². The van der Waals surface area contributed by atoms with Crippen LogP contribution in [0.4, 0.5) is 0 Å². The van der Waals surface area contributed by atoms with Gasteiger partial charge in [0.2, 0.25) is 10.0 Å². The summed E-state index contributed by atoms with van der Waals surface area (Å²) in [4.78, 5) is 0.267. The van der Waals surface area contributed by atoms with Crippen LogP contribution in [0.15, 0.2) is 23.1 Å². The lowest BCUT2D eigenvalue weighted by molar-refractivity contribution is 0.370. The molecule has 1 N–H and O–H groups in total. The van der Waals surface area contributed by atoms with E-state index in [-0.39, 0.29) is 23.3 Å². The average Bonchev–Trinajstić information content (AvgIpc) is 2.88. The molecule has 120 valence electrons. The van der Waals surface area contributed by atoms with Gasteiger partial charge in [-0.05, 0) is 44.5 Å². The van der Waals surface area contributed by atoms with Crippen LogP contribution >= 0.6 is 12.4 Å². The third-order valence-electron chi connectivity index (χ3n) is 3.67. The fraction of sp³-hybridized carbons (Fsp3) is 0.571. The number of ether oxygens (including phenoxy) is 1. The van der Waals surface area contributed by atoms with Crippen molar-refractivity contribution in [2.75, 3.05) is 27.2 Å². The first-order valence-corrected chi connectivity index (χ1v) is 8.25. The van der Waals surface area contributed by atoms with E-state index in [2.05, 4.69) is 5.32 Å². The molecule has 0 spiro atoms. The van der Waals surface area contributed by atoms with Crippen molar-refractivity contribution < 1.29 is 13.2 Å². The van der Waals surface area contributed by atoms with Crippen LogP contribution < -0.4 is 10.1 Å². The molecular weight excluding hydrogens is 312 g/mol. The zero-order valence-corrected chi connectivity index (χ0v) is 14.3. The zero-order valence-electron chi connectivity index (χ0n) is 12.6. The number of rotatable bonds is 5. The molecule has 0 radical (unpaired) electrons. The Kier molecular flexibility index (Phi) is 6.46. The molecule has 1 aromatic rings. The Morgan fingerprint density at radius 2 is 2.14 bits per heavy atom. The van der Waals surface area contributed by atoms with Crippen molar-refractivity contribution in [3.63, 3.8) is 0 Å². The standard InChI is InChI=1S/C14H22N2O3S.ClH/c1-11-6-7-13(19-3)14(9-11)20(17,18)16-8-4-5-12(16)10-15-2;/h6-7,9,12,15H,4-5,8,10H2,1-3H3;1H. The molecule has 1 aliphatic heterocycles. The molecular formula is C14H23ClN2O3S. The zero-order chi connectivity index (χ0) is 14.8. The maximum Gasteiger partial charge on any atom is 0.247 e. The first kappa shape index (κ1) is 18.2. The number of nitrogens with one attached hydrogen (secondary N) is 1. The van der Waals surface area contributed by atoms with Crippen molar-refractivity contribution in [3.05, 3.63) is 23.8 Å². The summed E-state index contributed by atoms with van der Waals surface area (Å²) in [6, 6.07) is 5.27. The lowest BCUT2D eigenvalue weighted by Gasteiger charge is -2.24. The smallest absolute Gasteiger partial charge is 0.247 e. The van der Waals surface area contributed by atoms with E-state index < -0.39 is 10.0 Å². The molecule has 21 heavy (non-hydrogen) atoms. The Morgan fingerprint density at radius 1 is 1.43 bits per heavy atom. The highest BCUT2D eigenvalue weighted by molar-refractivity contribution is 7.89. The highest BCUT2D eigenvalue weighted by Crippen LogP contribution is 2.31. The number of benzene rings is 1. The molecule has 1 fully saturated rings. The minimum absolute atomic E-state index is 0.